The van der Waals surface area contributed by atoms with Crippen molar-refractivity contribution < 1.29 is 58.2 Å². The van der Waals surface area contributed by atoms with Crippen molar-refractivity contribution in [3.05, 3.63) is 35.9 Å². The third kappa shape index (κ3) is 21.0. The number of amides is 9. The SMILES string of the molecule is CC(C)C[C@H](NC(=O)[C@H](C)NC(=O)[C@@H](NC(=O)[C@H](CC(C)C)NC(=O)[C@H](CCC(N)=O)NC(=O)[C@H](C)NC(=O)CNC(=O)[C@H](C)N)[C@@H](C)O)C(=O)N[C@@H](Cc1ccccc1)C(=O)O. The van der Waals surface area contributed by atoms with E-state index in [0.717, 1.165) is 0 Å². The second-order valence-corrected chi connectivity index (χ2v) is 16.3. The molecule has 1 aromatic carbocycles. The largest absolute Gasteiger partial charge is 0.480 e. The number of carbonyl (C=O) groups excluding carboxylic acids is 9. The van der Waals surface area contributed by atoms with E-state index in [4.69, 9.17) is 11.5 Å². The van der Waals surface area contributed by atoms with E-state index in [1.54, 1.807) is 58.0 Å². The van der Waals surface area contributed by atoms with E-state index >= 15 is 0 Å². The second-order valence-electron chi connectivity index (χ2n) is 16.3. The molecule has 0 heterocycles. The maximum Gasteiger partial charge on any atom is 0.326 e. The Morgan fingerprint density at radius 1 is 0.571 bits per heavy atom. The Labute approximate surface area is 366 Å². The van der Waals surface area contributed by atoms with Gasteiger partial charge in [-0.25, -0.2) is 4.79 Å². The Kier molecular flexibility index (Phi) is 23.5. The minimum Gasteiger partial charge on any atom is -0.480 e. The lowest BCUT2D eigenvalue weighted by atomic mass is 10.0. The van der Waals surface area contributed by atoms with Gasteiger partial charge in [0.25, 0.3) is 0 Å². The van der Waals surface area contributed by atoms with Gasteiger partial charge in [-0.3, -0.25) is 43.2 Å². The van der Waals surface area contributed by atoms with Crippen molar-refractivity contribution in [3.63, 3.8) is 0 Å². The van der Waals surface area contributed by atoms with E-state index in [0.29, 0.717) is 5.56 Å². The van der Waals surface area contributed by atoms with Gasteiger partial charge in [0.05, 0.1) is 18.7 Å². The van der Waals surface area contributed by atoms with E-state index in [-0.39, 0.29) is 43.9 Å². The molecular formula is C41H66N10O12. The monoisotopic (exact) mass is 890 g/mol. The number of hydrogen-bond acceptors (Lipinski definition) is 12. The molecule has 1 aromatic rings. The third-order valence-corrected chi connectivity index (χ3v) is 9.31. The van der Waals surface area contributed by atoms with Crippen LogP contribution in [0, 0.1) is 11.8 Å². The second kappa shape index (κ2) is 27.0. The number of aliphatic hydroxyl groups is 1. The molecule has 0 saturated carbocycles. The van der Waals surface area contributed by atoms with Crippen molar-refractivity contribution >= 4 is 59.1 Å². The van der Waals surface area contributed by atoms with E-state index in [1.807, 2.05) is 0 Å². The standard InChI is InChI=1S/C41H66N10O12/c1-20(2)16-28(38(59)50-30(41(62)63)18-26-12-10-9-11-13-26)48-36(57)24(7)46-40(61)33(25(8)52)51-39(60)29(17-21(3)4)49-37(58)27(14-15-31(43)53)47-35(56)23(6)45-32(54)19-44-34(55)22(5)42/h9-13,20-25,27-30,33,52H,14-19,42H2,1-8H3,(H2,43,53)(H,44,55)(H,45,54)(H,46,61)(H,47,56)(H,48,57)(H,49,58)(H,50,59)(H,51,60)(H,62,63)/t22-,23-,24-,25+,27-,28-,29-,30-,33-/m0/s1. The van der Waals surface area contributed by atoms with Crippen molar-refractivity contribution in [1.82, 2.24) is 42.5 Å². The van der Waals surface area contributed by atoms with E-state index < -0.39 is 120 Å². The molecule has 14 N–H and O–H groups in total. The van der Waals surface area contributed by atoms with Crippen LogP contribution < -0.4 is 54.0 Å². The molecule has 0 radical (unpaired) electrons. The Hall–Kier alpha value is -6.16. The molecule has 0 aromatic heterocycles. The molecule has 9 amide bonds. The maximum atomic E-state index is 13.7. The van der Waals surface area contributed by atoms with Crippen molar-refractivity contribution in [2.24, 2.45) is 23.3 Å². The zero-order chi connectivity index (χ0) is 48.1. The molecule has 0 unspecified atom stereocenters. The number of hydrogen-bond donors (Lipinski definition) is 12. The molecular weight excluding hydrogens is 825 g/mol. The maximum absolute atomic E-state index is 13.7. The average molecular weight is 891 g/mol. The summed E-state index contributed by atoms with van der Waals surface area (Å²) in [5, 5.41) is 39.8. The number of carbonyl (C=O) groups is 10. The molecule has 352 valence electrons. The number of carboxylic acids is 1. The van der Waals surface area contributed by atoms with Crippen LogP contribution in [0.15, 0.2) is 30.3 Å². The van der Waals surface area contributed by atoms with Gasteiger partial charge in [0.1, 0.15) is 42.3 Å². The average Bonchev–Trinajstić information content (AvgIpc) is 3.18. The summed E-state index contributed by atoms with van der Waals surface area (Å²) in [5.41, 5.74) is 11.4. The molecule has 1 rings (SSSR count). The highest BCUT2D eigenvalue weighted by Gasteiger charge is 2.35. The zero-order valence-electron chi connectivity index (χ0n) is 37.1. The first kappa shape index (κ1) is 54.9. The molecule has 0 saturated heterocycles. The normalized spacial score (nSPS) is 15.4. The Morgan fingerprint density at radius 3 is 1.51 bits per heavy atom. The summed E-state index contributed by atoms with van der Waals surface area (Å²) in [6.45, 7) is 11.8. The van der Waals surface area contributed by atoms with Crippen LogP contribution in [0.3, 0.4) is 0 Å². The molecule has 0 fully saturated rings. The number of benzene rings is 1. The first-order chi connectivity index (χ1) is 29.3. The summed E-state index contributed by atoms with van der Waals surface area (Å²) in [5.74, 6) is -9.10. The highest BCUT2D eigenvalue weighted by atomic mass is 16.4. The molecule has 9 atom stereocenters. The topological polar surface area (TPSA) is 359 Å². The van der Waals surface area contributed by atoms with Crippen molar-refractivity contribution in [2.45, 2.75) is 142 Å². The summed E-state index contributed by atoms with van der Waals surface area (Å²) in [7, 11) is 0. The predicted molar refractivity (Wildman–Crippen MR) is 228 cm³/mol. The number of aliphatic hydroxyl groups excluding tert-OH is 1. The number of aliphatic carboxylic acids is 1. The zero-order valence-corrected chi connectivity index (χ0v) is 37.1. The molecule has 22 heteroatoms. The summed E-state index contributed by atoms with van der Waals surface area (Å²) < 4.78 is 0. The van der Waals surface area contributed by atoms with Crippen molar-refractivity contribution in [2.75, 3.05) is 6.54 Å². The van der Waals surface area contributed by atoms with Crippen molar-refractivity contribution in [1.29, 1.82) is 0 Å². The van der Waals surface area contributed by atoms with Gasteiger partial charge < -0.3 is 64.2 Å². The Morgan fingerprint density at radius 2 is 1.03 bits per heavy atom. The van der Waals surface area contributed by atoms with Crippen LogP contribution in [-0.4, -0.2) is 130 Å². The van der Waals surface area contributed by atoms with Gasteiger partial charge in [-0.1, -0.05) is 58.0 Å². The number of carboxylic acid groups (broad SMARTS) is 1. The van der Waals surface area contributed by atoms with Crippen LogP contribution >= 0.6 is 0 Å². The van der Waals surface area contributed by atoms with E-state index in [2.05, 4.69) is 42.5 Å². The summed E-state index contributed by atoms with van der Waals surface area (Å²) >= 11 is 0. The highest BCUT2D eigenvalue weighted by Crippen LogP contribution is 2.11. The van der Waals surface area contributed by atoms with Gasteiger partial charge in [-0.2, -0.15) is 0 Å². The first-order valence-corrected chi connectivity index (χ1v) is 20.7. The lowest BCUT2D eigenvalue weighted by molar-refractivity contribution is -0.142. The summed E-state index contributed by atoms with van der Waals surface area (Å²) in [4.78, 5) is 128. The summed E-state index contributed by atoms with van der Waals surface area (Å²) in [6.07, 6.45) is -2.11. The minimum absolute atomic E-state index is 0.00595. The molecule has 63 heavy (non-hydrogen) atoms. The molecule has 0 aliphatic heterocycles. The lowest BCUT2D eigenvalue weighted by Crippen LogP contribution is -2.61. The number of nitrogens with one attached hydrogen (secondary N) is 8. The fourth-order valence-corrected chi connectivity index (χ4v) is 5.86. The van der Waals surface area contributed by atoms with E-state index in [9.17, 15) is 58.2 Å². The first-order valence-electron chi connectivity index (χ1n) is 20.7. The van der Waals surface area contributed by atoms with Gasteiger partial charge >= 0.3 is 5.97 Å². The molecule has 0 bridgehead atoms. The predicted octanol–water partition coefficient (Wildman–Crippen LogP) is -3.05. The molecule has 0 spiro atoms. The van der Waals surface area contributed by atoms with Crippen LogP contribution in [0.25, 0.3) is 0 Å². The van der Waals surface area contributed by atoms with Gasteiger partial charge in [0.2, 0.25) is 53.2 Å². The van der Waals surface area contributed by atoms with Gasteiger partial charge in [-0.05, 0) is 64.4 Å². The van der Waals surface area contributed by atoms with Crippen LogP contribution in [0.5, 0.6) is 0 Å². The summed E-state index contributed by atoms with van der Waals surface area (Å²) in [6, 6.07) is -1.79. The van der Waals surface area contributed by atoms with Gasteiger partial charge in [0.15, 0.2) is 0 Å². The van der Waals surface area contributed by atoms with Crippen molar-refractivity contribution in [3.8, 4) is 0 Å². The fourth-order valence-electron chi connectivity index (χ4n) is 5.86. The minimum atomic E-state index is -1.67. The van der Waals surface area contributed by atoms with Gasteiger partial charge in [0, 0.05) is 12.8 Å². The van der Waals surface area contributed by atoms with Crippen LogP contribution in [-0.2, 0) is 54.4 Å². The van der Waals surface area contributed by atoms with Crippen LogP contribution in [0.4, 0.5) is 0 Å². The van der Waals surface area contributed by atoms with Crippen LogP contribution in [0.1, 0.15) is 86.6 Å². The number of rotatable bonds is 27. The molecule has 22 nitrogen and oxygen atoms in total. The smallest absolute Gasteiger partial charge is 0.326 e. The Balaban J connectivity index is 3.12. The third-order valence-electron chi connectivity index (χ3n) is 9.31. The van der Waals surface area contributed by atoms with Gasteiger partial charge in [-0.15, -0.1) is 0 Å². The molecule has 0 aliphatic carbocycles. The molecule has 0 aliphatic rings. The lowest BCUT2D eigenvalue weighted by Gasteiger charge is -2.28. The van der Waals surface area contributed by atoms with Crippen LogP contribution in [0.2, 0.25) is 0 Å². The van der Waals surface area contributed by atoms with E-state index in [1.165, 1.54) is 27.7 Å². The number of nitrogens with two attached hydrogens (primary N) is 2. The fraction of sp³-hybridized carbons (Fsp3) is 0.610. The Bertz CT molecular complexity index is 1760. The quantitative estimate of drug-likeness (QED) is 0.0418. The highest BCUT2D eigenvalue weighted by molar-refractivity contribution is 5.98. The number of primary amides is 1.